The second-order valence-electron chi connectivity index (χ2n) is 7.83. The van der Waals surface area contributed by atoms with E-state index in [1.165, 1.54) is 5.56 Å². The quantitative estimate of drug-likeness (QED) is 0.798. The standard InChI is InChI=1S/C22H29ClN2O2/c1-15(2)25-16(3)12-20(17(25)4)21(26)24-14-22(8-10-27-11-9-22)18-6-5-7-19(23)13-18/h5-7,12-13,15H,8-11,14H2,1-4H3,(H,24,26). The normalized spacial score (nSPS) is 16.5. The minimum absolute atomic E-state index is 0.0112. The predicted octanol–water partition coefficient (Wildman–Crippen LogP) is 4.82. The van der Waals surface area contributed by atoms with Crippen LogP contribution >= 0.6 is 11.6 Å². The van der Waals surface area contributed by atoms with E-state index in [4.69, 9.17) is 16.3 Å². The van der Waals surface area contributed by atoms with Crippen LogP contribution in [0.4, 0.5) is 0 Å². The minimum atomic E-state index is -0.137. The number of hydrogen-bond donors (Lipinski definition) is 1. The summed E-state index contributed by atoms with van der Waals surface area (Å²) in [6.45, 7) is 10.3. The number of aryl methyl sites for hydroxylation is 1. The highest BCUT2D eigenvalue weighted by Crippen LogP contribution is 2.35. The van der Waals surface area contributed by atoms with Gasteiger partial charge in [-0.2, -0.15) is 0 Å². The smallest absolute Gasteiger partial charge is 0.253 e. The Morgan fingerprint density at radius 1 is 1.26 bits per heavy atom. The lowest BCUT2D eigenvalue weighted by atomic mass is 9.74. The molecular weight excluding hydrogens is 360 g/mol. The SMILES string of the molecule is Cc1cc(C(=O)NCC2(c3cccc(Cl)c3)CCOCC2)c(C)n1C(C)C. The number of nitrogens with zero attached hydrogens (tertiary/aromatic N) is 1. The number of benzene rings is 1. The molecule has 0 atom stereocenters. The summed E-state index contributed by atoms with van der Waals surface area (Å²) < 4.78 is 7.79. The highest BCUT2D eigenvalue weighted by molar-refractivity contribution is 6.30. The Labute approximate surface area is 166 Å². The van der Waals surface area contributed by atoms with Gasteiger partial charge in [0.25, 0.3) is 5.91 Å². The zero-order chi connectivity index (χ0) is 19.6. The van der Waals surface area contributed by atoms with Crippen molar-refractivity contribution in [1.82, 2.24) is 9.88 Å². The Morgan fingerprint density at radius 2 is 1.96 bits per heavy atom. The van der Waals surface area contributed by atoms with Crippen molar-refractivity contribution >= 4 is 17.5 Å². The van der Waals surface area contributed by atoms with Crippen molar-refractivity contribution in [3.05, 3.63) is 57.9 Å². The maximum absolute atomic E-state index is 13.0. The maximum Gasteiger partial charge on any atom is 0.253 e. The number of carbonyl (C=O) groups excluding carboxylic acids is 1. The first-order valence-corrected chi connectivity index (χ1v) is 10.0. The molecule has 3 rings (SSSR count). The fraction of sp³-hybridized carbons (Fsp3) is 0.500. The molecule has 1 aliphatic heterocycles. The Hall–Kier alpha value is -1.78. The van der Waals surface area contributed by atoms with E-state index >= 15 is 0 Å². The molecule has 1 saturated heterocycles. The molecular formula is C22H29ClN2O2. The number of hydrogen-bond acceptors (Lipinski definition) is 2. The minimum Gasteiger partial charge on any atom is -0.381 e. The molecule has 0 saturated carbocycles. The first-order chi connectivity index (χ1) is 12.8. The Kier molecular flexibility index (Phi) is 5.97. The van der Waals surface area contributed by atoms with Crippen LogP contribution < -0.4 is 5.32 Å². The molecule has 0 bridgehead atoms. The third-order valence-electron chi connectivity index (χ3n) is 5.72. The van der Waals surface area contributed by atoms with E-state index in [0.29, 0.717) is 25.8 Å². The van der Waals surface area contributed by atoms with Gasteiger partial charge in [0, 0.05) is 47.6 Å². The fourth-order valence-electron chi connectivity index (χ4n) is 4.29. The Bertz CT molecular complexity index is 820. The van der Waals surface area contributed by atoms with Gasteiger partial charge >= 0.3 is 0 Å². The second kappa shape index (κ2) is 8.07. The molecule has 5 heteroatoms. The average Bonchev–Trinajstić information content (AvgIpc) is 2.95. The molecule has 4 nitrogen and oxygen atoms in total. The second-order valence-corrected chi connectivity index (χ2v) is 8.27. The van der Waals surface area contributed by atoms with E-state index in [-0.39, 0.29) is 11.3 Å². The summed E-state index contributed by atoms with van der Waals surface area (Å²) in [6.07, 6.45) is 1.75. The number of aromatic nitrogens is 1. The van der Waals surface area contributed by atoms with E-state index in [2.05, 4.69) is 36.7 Å². The predicted molar refractivity (Wildman–Crippen MR) is 110 cm³/mol. The van der Waals surface area contributed by atoms with Gasteiger partial charge in [-0.3, -0.25) is 4.79 Å². The number of amides is 1. The molecule has 2 aromatic rings. The first kappa shape index (κ1) is 20.0. The third kappa shape index (κ3) is 4.07. The van der Waals surface area contributed by atoms with Crippen molar-refractivity contribution in [2.45, 2.75) is 52.0 Å². The maximum atomic E-state index is 13.0. The van der Waals surface area contributed by atoms with E-state index in [1.54, 1.807) is 0 Å². The molecule has 1 amide bonds. The molecule has 1 aromatic carbocycles. The third-order valence-corrected chi connectivity index (χ3v) is 5.95. The molecule has 1 N–H and O–H groups in total. The molecule has 0 radical (unpaired) electrons. The van der Waals surface area contributed by atoms with Crippen molar-refractivity contribution in [2.75, 3.05) is 19.8 Å². The summed E-state index contributed by atoms with van der Waals surface area (Å²) in [7, 11) is 0. The van der Waals surface area contributed by atoms with E-state index in [0.717, 1.165) is 34.8 Å². The van der Waals surface area contributed by atoms with Crippen LogP contribution in [-0.2, 0) is 10.2 Å². The van der Waals surface area contributed by atoms with Gasteiger partial charge in [-0.15, -0.1) is 0 Å². The fourth-order valence-corrected chi connectivity index (χ4v) is 4.48. The number of carbonyl (C=O) groups is 1. The summed E-state index contributed by atoms with van der Waals surface area (Å²) >= 11 is 6.23. The van der Waals surface area contributed by atoms with Crippen molar-refractivity contribution < 1.29 is 9.53 Å². The van der Waals surface area contributed by atoms with Crippen LogP contribution in [0.3, 0.4) is 0 Å². The molecule has 2 heterocycles. The molecule has 1 aliphatic rings. The lowest BCUT2D eigenvalue weighted by Crippen LogP contribution is -2.44. The Morgan fingerprint density at radius 3 is 2.56 bits per heavy atom. The van der Waals surface area contributed by atoms with E-state index < -0.39 is 0 Å². The van der Waals surface area contributed by atoms with Gasteiger partial charge in [-0.1, -0.05) is 23.7 Å². The van der Waals surface area contributed by atoms with Crippen molar-refractivity contribution in [2.24, 2.45) is 0 Å². The van der Waals surface area contributed by atoms with Gasteiger partial charge in [-0.25, -0.2) is 0 Å². The van der Waals surface area contributed by atoms with Crippen LogP contribution in [0.2, 0.25) is 5.02 Å². The largest absolute Gasteiger partial charge is 0.381 e. The van der Waals surface area contributed by atoms with Crippen molar-refractivity contribution in [1.29, 1.82) is 0 Å². The summed E-state index contributed by atoms with van der Waals surface area (Å²) in [5.74, 6) is -0.0112. The number of rotatable bonds is 5. The van der Waals surface area contributed by atoms with Crippen molar-refractivity contribution in [3.8, 4) is 0 Å². The molecule has 1 aromatic heterocycles. The van der Waals surface area contributed by atoms with Crippen LogP contribution in [0.25, 0.3) is 0 Å². The van der Waals surface area contributed by atoms with Gasteiger partial charge in [0.2, 0.25) is 0 Å². The van der Waals surface area contributed by atoms with Gasteiger partial charge in [0.15, 0.2) is 0 Å². The van der Waals surface area contributed by atoms with E-state index in [9.17, 15) is 4.79 Å². The topological polar surface area (TPSA) is 43.3 Å². The molecule has 0 unspecified atom stereocenters. The lowest BCUT2D eigenvalue weighted by Gasteiger charge is -2.38. The van der Waals surface area contributed by atoms with E-state index in [1.807, 2.05) is 31.2 Å². The number of halogens is 1. The molecule has 0 spiro atoms. The zero-order valence-electron chi connectivity index (χ0n) is 16.6. The summed E-state index contributed by atoms with van der Waals surface area (Å²) in [5.41, 5.74) is 3.93. The van der Waals surface area contributed by atoms with Crippen molar-refractivity contribution in [3.63, 3.8) is 0 Å². The molecule has 27 heavy (non-hydrogen) atoms. The lowest BCUT2D eigenvalue weighted by molar-refractivity contribution is 0.0487. The van der Waals surface area contributed by atoms with Crippen LogP contribution in [0.1, 0.15) is 60.0 Å². The zero-order valence-corrected chi connectivity index (χ0v) is 17.4. The van der Waals surface area contributed by atoms with Crippen LogP contribution in [0.5, 0.6) is 0 Å². The van der Waals surface area contributed by atoms with Gasteiger partial charge in [-0.05, 0) is 64.3 Å². The van der Waals surface area contributed by atoms with Crippen LogP contribution in [-0.4, -0.2) is 30.2 Å². The first-order valence-electron chi connectivity index (χ1n) is 9.64. The molecule has 1 fully saturated rings. The number of nitrogens with one attached hydrogen (secondary N) is 1. The van der Waals surface area contributed by atoms with Gasteiger partial charge < -0.3 is 14.6 Å². The van der Waals surface area contributed by atoms with Gasteiger partial charge in [0.1, 0.15) is 0 Å². The summed E-state index contributed by atoms with van der Waals surface area (Å²) in [4.78, 5) is 13.0. The average molecular weight is 389 g/mol. The highest BCUT2D eigenvalue weighted by atomic mass is 35.5. The Balaban J connectivity index is 1.82. The molecule has 0 aliphatic carbocycles. The summed E-state index contributed by atoms with van der Waals surface area (Å²) in [5, 5.41) is 3.92. The number of ether oxygens (including phenoxy) is 1. The summed E-state index contributed by atoms with van der Waals surface area (Å²) in [6, 6.07) is 10.3. The highest BCUT2D eigenvalue weighted by Gasteiger charge is 2.35. The van der Waals surface area contributed by atoms with Crippen LogP contribution in [0, 0.1) is 13.8 Å². The molecule has 146 valence electrons. The van der Waals surface area contributed by atoms with Crippen LogP contribution in [0.15, 0.2) is 30.3 Å². The van der Waals surface area contributed by atoms with Gasteiger partial charge in [0.05, 0.1) is 5.56 Å². The monoisotopic (exact) mass is 388 g/mol.